The Morgan fingerprint density at radius 1 is 1.10 bits per heavy atom. The van der Waals surface area contributed by atoms with Gasteiger partial charge in [-0.25, -0.2) is 4.39 Å². The van der Waals surface area contributed by atoms with Crippen molar-refractivity contribution in [3.63, 3.8) is 0 Å². The lowest BCUT2D eigenvalue weighted by atomic mass is 9.81. The molecule has 3 N–H and O–H groups in total. The van der Waals surface area contributed by atoms with Crippen molar-refractivity contribution in [2.24, 2.45) is 0 Å². The van der Waals surface area contributed by atoms with Crippen LogP contribution in [0, 0.1) is 5.82 Å². The van der Waals surface area contributed by atoms with E-state index >= 15 is 0 Å². The van der Waals surface area contributed by atoms with Gasteiger partial charge in [-0.15, -0.1) is 0 Å². The molecule has 5 nitrogen and oxygen atoms in total. The van der Waals surface area contributed by atoms with Gasteiger partial charge in [-0.1, -0.05) is 6.07 Å². The first-order valence-corrected chi connectivity index (χ1v) is 10.1. The number of Topliss-reactive ketones (excluding diaryl/α,β-unsaturated/α-hetero) is 1. The van der Waals surface area contributed by atoms with E-state index in [4.69, 9.17) is 15.2 Å². The Morgan fingerprint density at radius 2 is 1.80 bits per heavy atom. The number of nitrogens with two attached hydrogens (primary N) is 1. The summed E-state index contributed by atoms with van der Waals surface area (Å²) >= 11 is 0. The van der Waals surface area contributed by atoms with E-state index in [2.05, 4.69) is 0 Å². The molecule has 2 aromatic carbocycles. The maximum absolute atomic E-state index is 14.2. The number of hydrogen-bond acceptors (Lipinski definition) is 5. The van der Waals surface area contributed by atoms with Crippen LogP contribution in [0.5, 0.6) is 11.5 Å². The summed E-state index contributed by atoms with van der Waals surface area (Å²) in [5, 5.41) is 11.0. The molecule has 0 saturated heterocycles. The minimum Gasteiger partial charge on any atom is -0.508 e. The van der Waals surface area contributed by atoms with Crippen molar-refractivity contribution in [2.75, 3.05) is 5.73 Å². The van der Waals surface area contributed by atoms with Crippen molar-refractivity contribution in [1.82, 2.24) is 0 Å². The first-order chi connectivity index (χ1) is 14.0. The van der Waals surface area contributed by atoms with Gasteiger partial charge in [0.1, 0.15) is 22.7 Å². The van der Waals surface area contributed by atoms with Gasteiger partial charge >= 0.3 is 0 Å². The van der Waals surface area contributed by atoms with Crippen LogP contribution in [0.25, 0.3) is 5.57 Å². The minimum absolute atomic E-state index is 0.00251. The van der Waals surface area contributed by atoms with Gasteiger partial charge in [-0.2, -0.15) is 0 Å². The number of rotatable bonds is 4. The number of benzene rings is 2. The van der Waals surface area contributed by atoms with E-state index in [0.717, 1.165) is 18.4 Å². The van der Waals surface area contributed by atoms with E-state index in [0.29, 0.717) is 22.9 Å². The molecule has 0 unspecified atom stereocenters. The second-order valence-electron chi connectivity index (χ2n) is 8.99. The van der Waals surface area contributed by atoms with E-state index in [1.165, 1.54) is 18.2 Å². The fraction of sp³-hybridized carbons (Fsp3) is 0.375. The van der Waals surface area contributed by atoms with Crippen molar-refractivity contribution in [1.29, 1.82) is 0 Å². The maximum Gasteiger partial charge on any atom is 0.198 e. The third kappa shape index (κ3) is 3.56. The summed E-state index contributed by atoms with van der Waals surface area (Å²) in [6.07, 6.45) is 2.03. The summed E-state index contributed by atoms with van der Waals surface area (Å²) in [5.74, 6) is -0.273. The lowest BCUT2D eigenvalue weighted by Crippen LogP contribution is -2.49. The number of carbonyl (C=O) groups is 1. The smallest absolute Gasteiger partial charge is 0.198 e. The number of carbonyl (C=O) groups excluding carboxylic acids is 1. The molecule has 2 aromatic rings. The third-order valence-electron chi connectivity index (χ3n) is 5.59. The van der Waals surface area contributed by atoms with Gasteiger partial charge in [0.25, 0.3) is 0 Å². The molecule has 0 radical (unpaired) electrons. The Morgan fingerprint density at radius 3 is 2.47 bits per heavy atom. The minimum atomic E-state index is -1.09. The number of nitrogen functional groups attached to an aromatic ring is 1. The van der Waals surface area contributed by atoms with Crippen LogP contribution in [-0.4, -0.2) is 22.1 Å². The topological polar surface area (TPSA) is 81.8 Å². The lowest BCUT2D eigenvalue weighted by Gasteiger charge is -2.40. The van der Waals surface area contributed by atoms with Crippen molar-refractivity contribution >= 4 is 17.0 Å². The van der Waals surface area contributed by atoms with Crippen LogP contribution in [0.15, 0.2) is 42.2 Å². The van der Waals surface area contributed by atoms with E-state index in [-0.39, 0.29) is 22.9 Å². The summed E-state index contributed by atoms with van der Waals surface area (Å²) in [6.45, 7) is 6.86. The quantitative estimate of drug-likeness (QED) is 0.649. The summed E-state index contributed by atoms with van der Waals surface area (Å²) < 4.78 is 25.8. The largest absolute Gasteiger partial charge is 0.508 e. The molecule has 1 aliphatic carbocycles. The molecule has 1 aliphatic heterocycles. The molecule has 0 amide bonds. The van der Waals surface area contributed by atoms with Gasteiger partial charge in [0.15, 0.2) is 17.3 Å². The molecule has 1 saturated carbocycles. The van der Waals surface area contributed by atoms with Crippen LogP contribution in [0.4, 0.5) is 10.1 Å². The van der Waals surface area contributed by atoms with Crippen LogP contribution in [0.3, 0.4) is 0 Å². The zero-order valence-electron chi connectivity index (χ0n) is 17.6. The Balaban J connectivity index is 1.85. The monoisotopic (exact) mass is 411 g/mol. The molecule has 1 heterocycles. The van der Waals surface area contributed by atoms with E-state index < -0.39 is 17.0 Å². The Hall–Kier alpha value is -2.86. The molecule has 4 rings (SSSR count). The molecule has 2 aliphatic rings. The standard InChI is InChI=1S/C24H26FNO4/c1-23(2)21(27)20(22(28)24(3,4)30-23)17-12-15(8-9-16(17)13-5-6-13)29-19-11-14(26)7-10-18(19)25/h7-13,27H,5-6,26H2,1-4H3. The molecule has 0 spiro atoms. The Bertz CT molecular complexity index is 1070. The normalized spacial score (nSPS) is 20.4. The summed E-state index contributed by atoms with van der Waals surface area (Å²) in [7, 11) is 0. The molecule has 0 bridgehead atoms. The zero-order valence-corrected chi connectivity index (χ0v) is 17.6. The Labute approximate surface area is 175 Å². The van der Waals surface area contributed by atoms with Gasteiger partial charge in [0.05, 0.1) is 5.57 Å². The van der Waals surface area contributed by atoms with Crippen LogP contribution >= 0.6 is 0 Å². The van der Waals surface area contributed by atoms with Crippen molar-refractivity contribution < 1.29 is 23.8 Å². The zero-order chi connectivity index (χ0) is 21.8. The third-order valence-corrected chi connectivity index (χ3v) is 5.59. The van der Waals surface area contributed by atoms with Crippen molar-refractivity contribution in [3.05, 3.63) is 59.1 Å². The highest BCUT2D eigenvalue weighted by Crippen LogP contribution is 2.48. The van der Waals surface area contributed by atoms with E-state index in [1.807, 2.05) is 6.07 Å². The molecule has 6 heteroatoms. The van der Waals surface area contributed by atoms with Gasteiger partial charge in [-0.3, -0.25) is 4.79 Å². The molecular formula is C24H26FNO4. The highest BCUT2D eigenvalue weighted by Gasteiger charge is 2.48. The van der Waals surface area contributed by atoms with Gasteiger partial charge < -0.3 is 20.3 Å². The average Bonchev–Trinajstić information content (AvgIpc) is 3.48. The molecule has 30 heavy (non-hydrogen) atoms. The number of aliphatic hydroxyl groups excluding tert-OH is 1. The van der Waals surface area contributed by atoms with Crippen LogP contribution in [-0.2, 0) is 9.53 Å². The molecule has 0 atom stereocenters. The second-order valence-corrected chi connectivity index (χ2v) is 8.99. The number of halogens is 1. The number of ether oxygens (including phenoxy) is 2. The maximum atomic E-state index is 14.2. The SMILES string of the molecule is CC1(C)OC(C)(C)C(O)=C(c2cc(Oc3cc(N)ccc3F)ccc2C2CC2)C1=O. The average molecular weight is 411 g/mol. The first-order valence-electron chi connectivity index (χ1n) is 10.1. The summed E-state index contributed by atoms with van der Waals surface area (Å²) in [4.78, 5) is 13.2. The number of aliphatic hydroxyl groups is 1. The van der Waals surface area contributed by atoms with Crippen LogP contribution in [0.2, 0.25) is 0 Å². The molecule has 0 aromatic heterocycles. The number of hydrogen-bond donors (Lipinski definition) is 2. The predicted molar refractivity (Wildman–Crippen MR) is 113 cm³/mol. The molecular weight excluding hydrogens is 385 g/mol. The van der Waals surface area contributed by atoms with Crippen molar-refractivity contribution in [2.45, 2.75) is 57.7 Å². The highest BCUT2D eigenvalue weighted by atomic mass is 19.1. The van der Waals surface area contributed by atoms with E-state index in [9.17, 15) is 14.3 Å². The predicted octanol–water partition coefficient (Wildman–Crippen LogP) is 5.50. The number of anilines is 1. The van der Waals surface area contributed by atoms with E-state index in [1.54, 1.807) is 39.8 Å². The molecule has 158 valence electrons. The van der Waals surface area contributed by atoms with Gasteiger partial charge in [0.2, 0.25) is 0 Å². The fourth-order valence-electron chi connectivity index (χ4n) is 3.98. The lowest BCUT2D eigenvalue weighted by molar-refractivity contribution is -0.158. The van der Waals surface area contributed by atoms with Crippen LogP contribution in [0.1, 0.15) is 57.6 Å². The first kappa shape index (κ1) is 20.4. The summed E-state index contributed by atoms with van der Waals surface area (Å²) in [5.41, 5.74) is 5.82. The van der Waals surface area contributed by atoms with Crippen LogP contribution < -0.4 is 10.5 Å². The van der Waals surface area contributed by atoms with Gasteiger partial charge in [-0.05, 0) is 81.8 Å². The molecule has 1 fully saturated rings. The van der Waals surface area contributed by atoms with Crippen molar-refractivity contribution in [3.8, 4) is 11.5 Å². The Kier molecular flexibility index (Phi) is 4.66. The fourth-order valence-corrected chi connectivity index (χ4v) is 3.98. The number of ketones is 1. The highest BCUT2D eigenvalue weighted by molar-refractivity contribution is 6.26. The summed E-state index contributed by atoms with van der Waals surface area (Å²) in [6, 6.07) is 9.43. The second kappa shape index (κ2) is 6.84. The van der Waals surface area contributed by atoms with Gasteiger partial charge in [0, 0.05) is 11.8 Å².